The number of carbonyl (C=O) groups excluding carboxylic acids is 2. The van der Waals surface area contributed by atoms with Crippen LogP contribution in [0.4, 0.5) is 0 Å². The SMILES string of the molecule is CCOC(=O)CCCOc1ccccc1[C@@H](CNS(=O)(=O)c1ccc2[nH]c(=O)ccc2c1)C(O)N(CC(=O)OCC)Cc1cccs1. The molecule has 0 saturated heterocycles. The van der Waals surface area contributed by atoms with Gasteiger partial charge in [0.1, 0.15) is 12.0 Å². The number of thiophene rings is 1. The van der Waals surface area contributed by atoms with Crippen LogP contribution in [0.3, 0.4) is 0 Å². The fourth-order valence-electron chi connectivity index (χ4n) is 4.98. The molecular weight excluding hydrogens is 647 g/mol. The first kappa shape index (κ1) is 35.8. The van der Waals surface area contributed by atoms with Crippen molar-refractivity contribution >= 4 is 44.2 Å². The number of hydrogen-bond acceptors (Lipinski definition) is 11. The van der Waals surface area contributed by atoms with Gasteiger partial charge in [-0.3, -0.25) is 19.3 Å². The number of pyridine rings is 1. The lowest BCUT2D eigenvalue weighted by molar-refractivity contribution is -0.148. The Morgan fingerprint density at radius 1 is 1.00 bits per heavy atom. The summed E-state index contributed by atoms with van der Waals surface area (Å²) in [4.78, 5) is 41.2. The van der Waals surface area contributed by atoms with Crippen molar-refractivity contribution in [3.63, 3.8) is 0 Å². The summed E-state index contributed by atoms with van der Waals surface area (Å²) < 4.78 is 46.0. The molecule has 2 aromatic carbocycles. The van der Waals surface area contributed by atoms with Crippen LogP contribution in [0.1, 0.15) is 43.0 Å². The third-order valence-electron chi connectivity index (χ3n) is 7.22. The van der Waals surface area contributed by atoms with E-state index in [4.69, 9.17) is 14.2 Å². The van der Waals surface area contributed by atoms with E-state index in [2.05, 4.69) is 9.71 Å². The maximum absolute atomic E-state index is 13.6. The van der Waals surface area contributed by atoms with E-state index in [0.717, 1.165) is 4.88 Å². The maximum Gasteiger partial charge on any atom is 0.320 e. The zero-order chi connectivity index (χ0) is 33.8. The fourth-order valence-corrected chi connectivity index (χ4v) is 6.81. The standard InChI is InChI=1S/C33H39N3O9S2/c1-3-43-31(38)12-7-17-45-29-11-6-5-10-26(29)27(33(40)36(22-32(39)44-4-2)21-24-9-8-18-46-24)20-34-47(41,42)25-14-15-28-23(19-25)13-16-30(37)35-28/h5-6,8-11,13-16,18-19,27,33-34,40H,3-4,7,12,17,20-22H2,1-2H3,(H,35,37)/t27-,33?/m1/s1. The number of rotatable bonds is 18. The number of aromatic nitrogens is 1. The Morgan fingerprint density at radius 3 is 2.51 bits per heavy atom. The van der Waals surface area contributed by atoms with Gasteiger partial charge in [0.05, 0.1) is 31.3 Å². The molecule has 12 nitrogen and oxygen atoms in total. The summed E-state index contributed by atoms with van der Waals surface area (Å²) >= 11 is 1.45. The highest BCUT2D eigenvalue weighted by molar-refractivity contribution is 7.89. The highest BCUT2D eigenvalue weighted by Gasteiger charge is 2.32. The molecule has 0 saturated carbocycles. The van der Waals surface area contributed by atoms with Crippen LogP contribution >= 0.6 is 11.3 Å². The summed E-state index contributed by atoms with van der Waals surface area (Å²) in [7, 11) is -4.11. The molecule has 14 heteroatoms. The number of sulfonamides is 1. The topological polar surface area (TPSA) is 164 Å². The second kappa shape index (κ2) is 17.2. The quantitative estimate of drug-likeness (QED) is 0.0798. The smallest absolute Gasteiger partial charge is 0.320 e. The van der Waals surface area contributed by atoms with Gasteiger partial charge in [0.2, 0.25) is 15.6 Å². The molecule has 4 aromatic rings. The molecule has 47 heavy (non-hydrogen) atoms. The number of aromatic amines is 1. The van der Waals surface area contributed by atoms with Gasteiger partial charge in [-0.25, -0.2) is 13.1 Å². The summed E-state index contributed by atoms with van der Waals surface area (Å²) in [6.45, 7) is 3.72. The van der Waals surface area contributed by atoms with Crippen molar-refractivity contribution in [3.8, 4) is 5.75 Å². The summed E-state index contributed by atoms with van der Waals surface area (Å²) in [6, 6.07) is 17.9. The number of aliphatic hydroxyl groups is 1. The van der Waals surface area contributed by atoms with Gasteiger partial charge in [-0.1, -0.05) is 24.3 Å². The van der Waals surface area contributed by atoms with Crippen LogP contribution in [0.25, 0.3) is 10.9 Å². The van der Waals surface area contributed by atoms with E-state index in [1.54, 1.807) is 38.1 Å². The summed E-state index contributed by atoms with van der Waals surface area (Å²) in [5, 5.41) is 14.4. The lowest BCUT2D eigenvalue weighted by Crippen LogP contribution is -2.45. The third kappa shape index (κ3) is 10.2. The van der Waals surface area contributed by atoms with Gasteiger partial charge in [0.15, 0.2) is 0 Å². The lowest BCUT2D eigenvalue weighted by atomic mass is 9.95. The Labute approximate surface area is 277 Å². The van der Waals surface area contributed by atoms with Crippen LogP contribution in [0.15, 0.2) is 81.8 Å². The molecule has 4 rings (SSSR count). The maximum atomic E-state index is 13.6. The predicted octanol–water partition coefficient (Wildman–Crippen LogP) is 3.76. The van der Waals surface area contributed by atoms with Crippen molar-refractivity contribution in [3.05, 3.63) is 92.9 Å². The predicted molar refractivity (Wildman–Crippen MR) is 178 cm³/mol. The average Bonchev–Trinajstić information content (AvgIpc) is 3.56. The van der Waals surface area contributed by atoms with Crippen LogP contribution in [0.2, 0.25) is 0 Å². The number of carbonyl (C=O) groups is 2. The van der Waals surface area contributed by atoms with E-state index in [1.165, 1.54) is 46.6 Å². The van der Waals surface area contributed by atoms with E-state index in [9.17, 15) is 27.9 Å². The normalized spacial score (nSPS) is 12.9. The Morgan fingerprint density at radius 2 is 1.77 bits per heavy atom. The molecule has 0 amide bonds. The Hall–Kier alpha value is -4.08. The van der Waals surface area contributed by atoms with Crippen molar-refractivity contribution in [2.75, 3.05) is 32.9 Å². The number of para-hydroxylation sites is 1. The summed E-state index contributed by atoms with van der Waals surface area (Å²) in [6.07, 6.45) is -0.821. The number of esters is 2. The molecule has 0 aliphatic heterocycles. The molecule has 0 bridgehead atoms. The number of H-pyrrole nitrogens is 1. The van der Waals surface area contributed by atoms with Crippen molar-refractivity contribution in [2.24, 2.45) is 0 Å². The second-order valence-corrected chi connectivity index (χ2v) is 13.3. The van der Waals surface area contributed by atoms with Crippen LogP contribution in [-0.2, 0) is 35.6 Å². The molecule has 252 valence electrons. The number of benzene rings is 2. The third-order valence-corrected chi connectivity index (χ3v) is 9.50. The monoisotopic (exact) mass is 685 g/mol. The number of ether oxygens (including phenoxy) is 3. The van der Waals surface area contributed by atoms with Crippen molar-refractivity contribution in [1.82, 2.24) is 14.6 Å². The van der Waals surface area contributed by atoms with Gasteiger partial charge in [0, 0.05) is 47.5 Å². The van der Waals surface area contributed by atoms with Gasteiger partial charge in [-0.15, -0.1) is 11.3 Å². The van der Waals surface area contributed by atoms with Gasteiger partial charge < -0.3 is 24.3 Å². The van der Waals surface area contributed by atoms with Crippen molar-refractivity contribution in [1.29, 1.82) is 0 Å². The largest absolute Gasteiger partial charge is 0.493 e. The number of hydrogen-bond donors (Lipinski definition) is 3. The molecule has 0 fully saturated rings. The fraction of sp³-hybridized carbons (Fsp3) is 0.364. The molecule has 0 aliphatic carbocycles. The zero-order valence-corrected chi connectivity index (χ0v) is 27.8. The first-order chi connectivity index (χ1) is 22.6. The number of nitrogens with zero attached hydrogens (tertiary/aromatic N) is 1. The minimum absolute atomic E-state index is 0.0317. The first-order valence-corrected chi connectivity index (χ1v) is 17.6. The van der Waals surface area contributed by atoms with Gasteiger partial charge >= 0.3 is 11.9 Å². The number of aliphatic hydroxyl groups excluding tert-OH is 1. The zero-order valence-electron chi connectivity index (χ0n) is 26.2. The van der Waals surface area contributed by atoms with Crippen LogP contribution in [0.5, 0.6) is 5.75 Å². The second-order valence-electron chi connectivity index (χ2n) is 10.5. The number of fused-ring (bicyclic) bond motifs is 1. The molecule has 2 atom stereocenters. The van der Waals surface area contributed by atoms with Crippen LogP contribution in [-0.4, -0.2) is 74.5 Å². The molecule has 0 radical (unpaired) electrons. The highest BCUT2D eigenvalue weighted by Crippen LogP contribution is 2.32. The molecule has 2 heterocycles. The molecule has 2 aromatic heterocycles. The minimum atomic E-state index is -4.11. The Kier molecular flexibility index (Phi) is 13.1. The summed E-state index contributed by atoms with van der Waals surface area (Å²) in [5.41, 5.74) is 0.677. The van der Waals surface area contributed by atoms with E-state index in [0.29, 0.717) is 28.6 Å². The Bertz CT molecular complexity index is 1790. The van der Waals surface area contributed by atoms with E-state index in [1.807, 2.05) is 17.5 Å². The Balaban J connectivity index is 1.65. The van der Waals surface area contributed by atoms with Gasteiger partial charge in [0.25, 0.3) is 0 Å². The number of nitrogens with one attached hydrogen (secondary N) is 2. The minimum Gasteiger partial charge on any atom is -0.493 e. The highest BCUT2D eigenvalue weighted by atomic mass is 32.2. The van der Waals surface area contributed by atoms with E-state index < -0.39 is 28.1 Å². The van der Waals surface area contributed by atoms with Crippen molar-refractivity contribution in [2.45, 2.75) is 50.3 Å². The summed E-state index contributed by atoms with van der Waals surface area (Å²) in [5.74, 6) is -1.41. The molecule has 0 spiro atoms. The molecule has 1 unspecified atom stereocenters. The average molecular weight is 686 g/mol. The van der Waals surface area contributed by atoms with E-state index >= 15 is 0 Å². The van der Waals surface area contributed by atoms with Gasteiger partial charge in [-0.05, 0) is 67.4 Å². The van der Waals surface area contributed by atoms with Gasteiger partial charge in [-0.2, -0.15) is 0 Å². The van der Waals surface area contributed by atoms with Crippen LogP contribution in [0, 0.1) is 0 Å². The van der Waals surface area contributed by atoms with Crippen LogP contribution < -0.4 is 15.0 Å². The molecule has 0 aliphatic rings. The van der Waals surface area contributed by atoms with E-state index in [-0.39, 0.29) is 62.3 Å². The van der Waals surface area contributed by atoms with Crippen molar-refractivity contribution < 1.29 is 37.3 Å². The first-order valence-electron chi connectivity index (χ1n) is 15.2. The molecule has 3 N–H and O–H groups in total. The molecular formula is C33H39N3O9S2. The lowest BCUT2D eigenvalue weighted by Gasteiger charge is -2.33.